The number of hydrogen-bond donors (Lipinski definition) is 2. The van der Waals surface area contributed by atoms with Crippen LogP contribution in [0.25, 0.3) is 6.08 Å². The van der Waals surface area contributed by atoms with E-state index in [1.807, 2.05) is 85.8 Å². The number of allylic oxidation sites excluding steroid dienone is 1. The molecule has 13 nitrogen and oxygen atoms in total. The molecule has 2 unspecified atom stereocenters. The van der Waals surface area contributed by atoms with Crippen molar-refractivity contribution in [1.29, 1.82) is 0 Å². The Morgan fingerprint density at radius 2 is 0.973 bits per heavy atom. The zero-order chi connectivity index (χ0) is 51.3. The highest BCUT2D eigenvalue weighted by molar-refractivity contribution is 5.62. The molecule has 5 aliphatic heterocycles. The fraction of sp³-hybridized carbons (Fsp3) is 0.367. The van der Waals surface area contributed by atoms with Gasteiger partial charge in [-0.3, -0.25) is 0 Å². The van der Waals surface area contributed by atoms with Gasteiger partial charge in [-0.1, -0.05) is 77.1 Å². The van der Waals surface area contributed by atoms with E-state index in [4.69, 9.17) is 52.1 Å². The van der Waals surface area contributed by atoms with E-state index < -0.39 is 0 Å². The van der Waals surface area contributed by atoms with Crippen LogP contribution in [0.1, 0.15) is 105 Å². The van der Waals surface area contributed by atoms with E-state index in [0.717, 1.165) is 81.1 Å². The molecule has 5 heterocycles. The first kappa shape index (κ1) is 50.6. The lowest BCUT2D eigenvalue weighted by molar-refractivity contribution is 0.0288. The van der Waals surface area contributed by atoms with E-state index in [-0.39, 0.29) is 49.3 Å². The fourth-order valence-electron chi connectivity index (χ4n) is 10.1. The monoisotopic (exact) mass is 994 g/mol. The van der Waals surface area contributed by atoms with Crippen LogP contribution in [-0.4, -0.2) is 51.9 Å². The third-order valence-electron chi connectivity index (χ3n) is 14.7. The van der Waals surface area contributed by atoms with Crippen LogP contribution >= 0.6 is 0 Å². The van der Waals surface area contributed by atoms with E-state index in [0.29, 0.717) is 42.0 Å². The first-order valence-electron chi connectivity index (χ1n) is 24.9. The van der Waals surface area contributed by atoms with Gasteiger partial charge >= 0.3 is 0 Å². The number of methoxy groups -OCH3 is 3. The molecule has 0 radical (unpaired) electrons. The van der Waals surface area contributed by atoms with Crippen LogP contribution in [-0.2, 0) is 17.6 Å². The molecule has 13 heteroatoms. The molecule has 11 rings (SSSR count). The maximum Gasteiger partial charge on any atom is 0.231 e. The highest BCUT2D eigenvalue weighted by Crippen LogP contribution is 2.53. The summed E-state index contributed by atoms with van der Waals surface area (Å²) < 4.78 is 61.3. The number of rotatable bonds is 12. The Morgan fingerprint density at radius 3 is 1.53 bits per heavy atom. The largest absolute Gasteiger partial charge is 0.504 e. The number of hydrogen-bond acceptors (Lipinski definition) is 13. The molecule has 0 saturated carbocycles. The molecule has 0 aliphatic carbocycles. The molecule has 0 spiro atoms. The maximum atomic E-state index is 9.82. The number of fused-ring (bicyclic) bond motifs is 4. The lowest BCUT2D eigenvalue weighted by Crippen LogP contribution is -2.13. The number of aromatic hydroxyl groups is 2. The van der Waals surface area contributed by atoms with Crippen LogP contribution in [0, 0.1) is 23.7 Å². The van der Waals surface area contributed by atoms with Crippen molar-refractivity contribution in [1.82, 2.24) is 0 Å². The van der Waals surface area contributed by atoms with Crippen molar-refractivity contribution < 1.29 is 62.3 Å². The molecule has 0 bridgehead atoms. The quantitative estimate of drug-likeness (QED) is 0.120. The van der Waals surface area contributed by atoms with Gasteiger partial charge in [0.25, 0.3) is 0 Å². The van der Waals surface area contributed by atoms with Crippen LogP contribution in [0.3, 0.4) is 0 Å². The zero-order valence-corrected chi connectivity index (χ0v) is 43.0. The summed E-state index contributed by atoms with van der Waals surface area (Å²) in [6.45, 7) is 14.0. The van der Waals surface area contributed by atoms with Crippen molar-refractivity contribution in [2.75, 3.05) is 41.7 Å². The second-order valence-electron chi connectivity index (χ2n) is 19.4. The summed E-state index contributed by atoms with van der Waals surface area (Å²) in [5.74, 6) is 9.62. The lowest BCUT2D eigenvalue weighted by Gasteiger charge is -2.20. The summed E-state index contributed by atoms with van der Waals surface area (Å²) in [5, 5.41) is 19.5. The van der Waals surface area contributed by atoms with Crippen molar-refractivity contribution in [2.24, 2.45) is 23.7 Å². The van der Waals surface area contributed by atoms with Crippen molar-refractivity contribution in [3.63, 3.8) is 0 Å². The minimum Gasteiger partial charge on any atom is -0.504 e. The predicted molar refractivity (Wildman–Crippen MR) is 277 cm³/mol. The first-order chi connectivity index (χ1) is 35.3. The van der Waals surface area contributed by atoms with Crippen molar-refractivity contribution >= 4 is 6.08 Å². The van der Waals surface area contributed by atoms with Gasteiger partial charge in [-0.05, 0) is 150 Å². The van der Waals surface area contributed by atoms with Crippen molar-refractivity contribution in [3.05, 3.63) is 148 Å². The number of phenolic OH excluding ortho intramolecular Hbond substituents is 2. The number of phenols is 2. The third-order valence-corrected chi connectivity index (χ3v) is 14.7. The third kappa shape index (κ3) is 10.9. The average Bonchev–Trinajstić information content (AvgIpc) is 4.27. The van der Waals surface area contributed by atoms with E-state index in [2.05, 4.69) is 58.9 Å². The van der Waals surface area contributed by atoms with Crippen LogP contribution < -0.4 is 47.4 Å². The topological polar surface area (TPSA) is 142 Å². The smallest absolute Gasteiger partial charge is 0.231 e. The van der Waals surface area contributed by atoms with Gasteiger partial charge in [0, 0.05) is 11.5 Å². The Morgan fingerprint density at radius 1 is 0.521 bits per heavy atom. The molecule has 6 aromatic rings. The van der Waals surface area contributed by atoms with E-state index in [9.17, 15) is 10.2 Å². The van der Waals surface area contributed by atoms with Gasteiger partial charge in [-0.25, -0.2) is 0 Å². The lowest BCUT2D eigenvalue weighted by atomic mass is 9.85. The van der Waals surface area contributed by atoms with Gasteiger partial charge in [0.05, 0.1) is 33.5 Å². The standard InChI is InChI=1S/C20H22O5.C20H20O4.C20H24O4/c1-11-12(2)20(14-5-7-16-18(9-14)24-10-23-16)25-19(11)13-4-6-15(21)17(8-13)22-3;1-4-5-13-8-15-12(2)19(24-20(15)18(9-13)21-3)14-6-7-16-17(10-14)23-11-22-16;1-13(8-15-4-6-17(21)19(10-15)22-3)14(2)9-16-5-7-18-20(11-16)24-12-23-18/h4-9,11-12,19-21H,10H2,1-3H3;4-10,12,19H,11H2,1-3H3;4-7,10-11,13-14,21H,8-9,12H2,1-3H3/b;5-4+;/t11-,12-,19+,20?;12-,19?;13-,14+/m010/s1. The van der Waals surface area contributed by atoms with Gasteiger partial charge in [0.1, 0.15) is 6.10 Å². The van der Waals surface area contributed by atoms with Gasteiger partial charge in [0.15, 0.2) is 69.0 Å². The van der Waals surface area contributed by atoms with E-state index in [1.165, 1.54) is 16.7 Å². The zero-order valence-electron chi connectivity index (χ0n) is 43.0. The molecule has 0 amide bonds. The molecule has 8 atom stereocenters. The Balaban J connectivity index is 0.000000135. The van der Waals surface area contributed by atoms with Crippen LogP contribution in [0.5, 0.6) is 69.0 Å². The summed E-state index contributed by atoms with van der Waals surface area (Å²) in [7, 11) is 4.80. The minimum atomic E-state index is -0.0655. The van der Waals surface area contributed by atoms with Gasteiger partial charge in [0.2, 0.25) is 20.4 Å². The Labute approximate surface area is 428 Å². The van der Waals surface area contributed by atoms with Gasteiger partial charge in [-0.2, -0.15) is 0 Å². The second kappa shape index (κ2) is 22.2. The molecule has 384 valence electrons. The molecular weight excluding hydrogens is 929 g/mol. The summed E-state index contributed by atoms with van der Waals surface area (Å²) in [4.78, 5) is 0. The molecular formula is C60H66O13. The Hall–Kier alpha value is -7.38. The molecule has 73 heavy (non-hydrogen) atoms. The molecule has 1 fully saturated rings. The fourth-order valence-corrected chi connectivity index (χ4v) is 10.1. The molecule has 1 saturated heterocycles. The second-order valence-corrected chi connectivity index (χ2v) is 19.4. The van der Waals surface area contributed by atoms with Gasteiger partial charge in [-0.15, -0.1) is 0 Å². The van der Waals surface area contributed by atoms with Gasteiger partial charge < -0.3 is 62.3 Å². The average molecular weight is 995 g/mol. The van der Waals surface area contributed by atoms with Crippen molar-refractivity contribution in [3.8, 4) is 69.0 Å². The summed E-state index contributed by atoms with van der Waals surface area (Å²) in [5.41, 5.74) is 7.92. The summed E-state index contributed by atoms with van der Waals surface area (Å²) in [6.07, 6.45) is 5.90. The molecule has 2 N–H and O–H groups in total. The van der Waals surface area contributed by atoms with Crippen LogP contribution in [0.4, 0.5) is 0 Å². The number of ether oxygens (including phenoxy) is 11. The Bertz CT molecular complexity index is 2890. The number of benzene rings is 6. The first-order valence-corrected chi connectivity index (χ1v) is 24.9. The van der Waals surface area contributed by atoms with Crippen LogP contribution in [0.2, 0.25) is 0 Å². The summed E-state index contributed by atoms with van der Waals surface area (Å²) >= 11 is 0. The SMILES string of the molecule is C/C=C/c1cc(OC)c2c(c1)[C@@H](C)C(c1ccc3c(c1)OCO3)O2.COc1cc(C[C@H](C)[C@H](C)Cc2ccc3c(c2)OCO3)ccc1O.COc1cc([C@@H]2OC(c3ccc4c(c3)OCO4)[C@@H](C)[C@@H]2C)ccc1O. The maximum absolute atomic E-state index is 9.82. The highest BCUT2D eigenvalue weighted by atomic mass is 16.7. The Kier molecular flexibility index (Phi) is 15.4. The predicted octanol–water partition coefficient (Wildman–Crippen LogP) is 13.1. The minimum absolute atomic E-state index is 0.0192. The molecule has 0 aromatic heterocycles. The normalized spacial score (nSPS) is 21.3. The van der Waals surface area contributed by atoms with Crippen LogP contribution in [0.15, 0.2) is 109 Å². The molecule has 5 aliphatic rings. The molecule has 6 aromatic carbocycles. The van der Waals surface area contributed by atoms with E-state index in [1.54, 1.807) is 33.5 Å². The highest BCUT2D eigenvalue weighted by Gasteiger charge is 2.41. The van der Waals surface area contributed by atoms with E-state index >= 15 is 0 Å². The summed E-state index contributed by atoms with van der Waals surface area (Å²) in [6, 6.07) is 33.3. The van der Waals surface area contributed by atoms with Crippen molar-refractivity contribution in [2.45, 2.75) is 78.6 Å².